The first-order valence-corrected chi connectivity index (χ1v) is 5.96. The van der Waals surface area contributed by atoms with Gasteiger partial charge in [-0.15, -0.1) is 0 Å². The van der Waals surface area contributed by atoms with Gasteiger partial charge in [-0.05, 0) is 25.5 Å². The van der Waals surface area contributed by atoms with Gasteiger partial charge < -0.3 is 20.9 Å². The summed E-state index contributed by atoms with van der Waals surface area (Å²) < 4.78 is 5.26. The van der Waals surface area contributed by atoms with Crippen LogP contribution in [0, 0.1) is 0 Å². The number of rotatable bonds is 7. The molecule has 1 rings (SSSR count). The molecule has 19 heavy (non-hydrogen) atoms. The van der Waals surface area contributed by atoms with E-state index in [1.807, 2.05) is 0 Å². The summed E-state index contributed by atoms with van der Waals surface area (Å²) in [7, 11) is 0. The number of benzene rings is 1. The van der Waals surface area contributed by atoms with Crippen molar-refractivity contribution in [3.63, 3.8) is 0 Å². The minimum Gasteiger partial charge on any atom is -0.483 e. The van der Waals surface area contributed by atoms with Crippen molar-refractivity contribution in [2.45, 2.75) is 19.4 Å². The van der Waals surface area contributed by atoms with Gasteiger partial charge in [0.1, 0.15) is 5.75 Å². The number of hydrogen-bond donors (Lipinski definition) is 3. The summed E-state index contributed by atoms with van der Waals surface area (Å²) in [6.45, 7) is 1.58. The molecule has 0 saturated carbocycles. The number of primary amides is 1. The molecule has 1 aromatic carbocycles. The number of nitrogens with two attached hydrogens (primary N) is 1. The number of ether oxygens (including phenoxy) is 1. The average Bonchev–Trinajstić information content (AvgIpc) is 2.36. The number of hydrogen-bond acceptors (Lipinski definition) is 4. The van der Waals surface area contributed by atoms with Crippen LogP contribution in [-0.2, 0) is 4.79 Å². The fourth-order valence-electron chi connectivity index (χ4n) is 1.52. The van der Waals surface area contributed by atoms with Crippen LogP contribution in [0.3, 0.4) is 0 Å². The van der Waals surface area contributed by atoms with Crippen molar-refractivity contribution in [3.8, 4) is 5.75 Å². The number of aliphatic hydroxyl groups excluding tert-OH is 1. The molecule has 0 saturated heterocycles. The van der Waals surface area contributed by atoms with Gasteiger partial charge in [0.05, 0.1) is 5.56 Å². The molecule has 0 fully saturated rings. The minimum atomic E-state index is -0.607. The molecule has 6 heteroatoms. The van der Waals surface area contributed by atoms with E-state index >= 15 is 0 Å². The quantitative estimate of drug-likeness (QED) is 0.649. The van der Waals surface area contributed by atoms with Gasteiger partial charge in [-0.2, -0.15) is 0 Å². The maximum absolute atomic E-state index is 11.5. The zero-order chi connectivity index (χ0) is 14.3. The van der Waals surface area contributed by atoms with Crippen LogP contribution < -0.4 is 15.8 Å². The maximum atomic E-state index is 11.5. The molecular weight excluding hydrogens is 248 g/mol. The monoisotopic (exact) mass is 266 g/mol. The Morgan fingerprint density at radius 1 is 1.42 bits per heavy atom. The summed E-state index contributed by atoms with van der Waals surface area (Å²) in [5.74, 6) is -0.648. The standard InChI is InChI=1S/C13H18N2O4/c1-9(6-7-16)15-12(17)8-19-11-5-3-2-4-10(11)13(14)18/h2-5,9,16H,6-8H2,1H3,(H2,14,18)(H,15,17). The van der Waals surface area contributed by atoms with E-state index in [2.05, 4.69) is 5.32 Å². The predicted molar refractivity (Wildman–Crippen MR) is 69.8 cm³/mol. The van der Waals surface area contributed by atoms with Crippen molar-refractivity contribution in [1.82, 2.24) is 5.32 Å². The topological polar surface area (TPSA) is 102 Å². The maximum Gasteiger partial charge on any atom is 0.258 e. The molecule has 0 bridgehead atoms. The lowest BCUT2D eigenvalue weighted by molar-refractivity contribution is -0.123. The molecule has 0 aromatic heterocycles. The summed E-state index contributed by atoms with van der Waals surface area (Å²) in [5.41, 5.74) is 5.43. The first kappa shape index (κ1) is 15.0. The molecule has 1 aromatic rings. The van der Waals surface area contributed by atoms with Crippen molar-refractivity contribution in [1.29, 1.82) is 0 Å². The van der Waals surface area contributed by atoms with Crippen LogP contribution in [0.4, 0.5) is 0 Å². The van der Waals surface area contributed by atoms with Gasteiger partial charge in [0.15, 0.2) is 6.61 Å². The Labute approximate surface area is 111 Å². The molecule has 0 aliphatic rings. The molecule has 0 spiro atoms. The molecule has 0 aliphatic heterocycles. The summed E-state index contributed by atoms with van der Waals surface area (Å²) in [5, 5.41) is 11.4. The van der Waals surface area contributed by atoms with Crippen molar-refractivity contribution < 1.29 is 19.4 Å². The van der Waals surface area contributed by atoms with Gasteiger partial charge in [0.2, 0.25) is 0 Å². The van der Waals surface area contributed by atoms with Crippen LogP contribution >= 0.6 is 0 Å². The van der Waals surface area contributed by atoms with Crippen molar-refractivity contribution >= 4 is 11.8 Å². The third-order valence-corrected chi connectivity index (χ3v) is 2.48. The van der Waals surface area contributed by atoms with E-state index in [9.17, 15) is 9.59 Å². The van der Waals surface area contributed by atoms with E-state index < -0.39 is 5.91 Å². The number of para-hydroxylation sites is 1. The lowest BCUT2D eigenvalue weighted by Crippen LogP contribution is -2.36. The summed E-state index contributed by atoms with van der Waals surface area (Å²) >= 11 is 0. The van der Waals surface area contributed by atoms with Crippen molar-refractivity contribution in [2.24, 2.45) is 5.73 Å². The first-order chi connectivity index (χ1) is 9.04. The Morgan fingerprint density at radius 3 is 2.74 bits per heavy atom. The van der Waals surface area contributed by atoms with Crippen LogP contribution in [0.1, 0.15) is 23.7 Å². The van der Waals surface area contributed by atoms with Gasteiger partial charge in [-0.25, -0.2) is 0 Å². The smallest absolute Gasteiger partial charge is 0.258 e. The summed E-state index contributed by atoms with van der Waals surface area (Å²) in [4.78, 5) is 22.7. The van der Waals surface area contributed by atoms with Crippen LogP contribution in [0.5, 0.6) is 5.75 Å². The molecule has 0 radical (unpaired) electrons. The summed E-state index contributed by atoms with van der Waals surface area (Å²) in [6, 6.07) is 6.33. The third-order valence-electron chi connectivity index (χ3n) is 2.48. The largest absolute Gasteiger partial charge is 0.483 e. The Bertz CT molecular complexity index is 448. The molecule has 2 amide bonds. The lowest BCUT2D eigenvalue weighted by Gasteiger charge is -2.13. The van der Waals surface area contributed by atoms with E-state index in [4.69, 9.17) is 15.6 Å². The third kappa shape index (κ3) is 4.97. The molecule has 104 valence electrons. The van der Waals surface area contributed by atoms with Gasteiger partial charge in [0, 0.05) is 12.6 Å². The second kappa shape index (κ2) is 7.38. The molecule has 1 atom stereocenters. The molecule has 6 nitrogen and oxygen atoms in total. The van der Waals surface area contributed by atoms with Gasteiger partial charge in [-0.3, -0.25) is 9.59 Å². The minimum absolute atomic E-state index is 0.00676. The van der Waals surface area contributed by atoms with E-state index in [0.29, 0.717) is 6.42 Å². The Kier molecular flexibility index (Phi) is 5.81. The fraction of sp³-hybridized carbons (Fsp3) is 0.385. The van der Waals surface area contributed by atoms with E-state index in [0.717, 1.165) is 0 Å². The second-order valence-corrected chi connectivity index (χ2v) is 4.13. The first-order valence-electron chi connectivity index (χ1n) is 5.96. The Hall–Kier alpha value is -2.08. The predicted octanol–water partition coefficient (Wildman–Crippen LogP) is 0.0514. The highest BCUT2D eigenvalue weighted by Gasteiger charge is 2.11. The molecule has 4 N–H and O–H groups in total. The highest BCUT2D eigenvalue weighted by Crippen LogP contribution is 2.16. The number of carbonyl (C=O) groups excluding carboxylic acids is 2. The van der Waals surface area contributed by atoms with E-state index in [1.165, 1.54) is 6.07 Å². The number of amides is 2. The summed E-state index contributed by atoms with van der Waals surface area (Å²) in [6.07, 6.45) is 0.476. The van der Waals surface area contributed by atoms with Gasteiger partial charge in [0.25, 0.3) is 11.8 Å². The molecule has 0 aliphatic carbocycles. The lowest BCUT2D eigenvalue weighted by atomic mass is 10.2. The van der Waals surface area contributed by atoms with E-state index in [1.54, 1.807) is 25.1 Å². The van der Waals surface area contributed by atoms with Gasteiger partial charge >= 0.3 is 0 Å². The Balaban J connectivity index is 2.53. The second-order valence-electron chi connectivity index (χ2n) is 4.13. The molecule has 0 heterocycles. The molecular formula is C13H18N2O4. The van der Waals surface area contributed by atoms with Crippen LogP contribution in [0.15, 0.2) is 24.3 Å². The average molecular weight is 266 g/mol. The van der Waals surface area contributed by atoms with Crippen LogP contribution in [0.2, 0.25) is 0 Å². The fourth-order valence-corrected chi connectivity index (χ4v) is 1.52. The normalized spacial score (nSPS) is 11.7. The van der Waals surface area contributed by atoms with Crippen LogP contribution in [0.25, 0.3) is 0 Å². The zero-order valence-electron chi connectivity index (χ0n) is 10.8. The van der Waals surface area contributed by atoms with Crippen molar-refractivity contribution in [2.75, 3.05) is 13.2 Å². The van der Waals surface area contributed by atoms with E-state index in [-0.39, 0.29) is 36.5 Å². The highest BCUT2D eigenvalue weighted by atomic mass is 16.5. The molecule has 1 unspecified atom stereocenters. The highest BCUT2D eigenvalue weighted by molar-refractivity contribution is 5.95. The number of nitrogens with one attached hydrogen (secondary N) is 1. The van der Waals surface area contributed by atoms with Crippen LogP contribution in [-0.4, -0.2) is 36.2 Å². The van der Waals surface area contributed by atoms with Crippen molar-refractivity contribution in [3.05, 3.63) is 29.8 Å². The SMILES string of the molecule is CC(CCO)NC(=O)COc1ccccc1C(N)=O. The van der Waals surface area contributed by atoms with Gasteiger partial charge in [-0.1, -0.05) is 12.1 Å². The Morgan fingerprint density at radius 2 is 2.11 bits per heavy atom. The zero-order valence-corrected chi connectivity index (χ0v) is 10.8. The number of aliphatic hydroxyl groups is 1. The number of carbonyl (C=O) groups is 2.